The van der Waals surface area contributed by atoms with Crippen LogP contribution < -0.4 is 0 Å². The lowest BCUT2D eigenvalue weighted by atomic mass is 10.0. The second-order valence-corrected chi connectivity index (χ2v) is 3.23. The maximum Gasteiger partial charge on any atom is 0.257 e. The largest absolute Gasteiger partial charge is 0.357 e. The monoisotopic (exact) mass is 187 g/mol. The topological polar surface area (TPSA) is 40.5 Å². The molecule has 1 atom stereocenters. The quantitative estimate of drug-likeness (QED) is 0.602. The van der Waals surface area contributed by atoms with Crippen LogP contribution in [0.3, 0.4) is 0 Å². The summed E-state index contributed by atoms with van der Waals surface area (Å²) in [5.41, 5.74) is -0.640. The first kappa shape index (κ1) is 8.79. The highest BCUT2D eigenvalue weighted by Gasteiger charge is 2.44. The van der Waals surface area contributed by atoms with Gasteiger partial charge >= 0.3 is 0 Å². The summed E-state index contributed by atoms with van der Waals surface area (Å²) in [6.45, 7) is 0. The van der Waals surface area contributed by atoms with Crippen molar-refractivity contribution in [2.75, 3.05) is 7.05 Å². The van der Waals surface area contributed by atoms with Gasteiger partial charge < -0.3 is 5.11 Å². The molecule has 0 aromatic heterocycles. The van der Waals surface area contributed by atoms with E-state index >= 15 is 0 Å². The van der Waals surface area contributed by atoms with Crippen LogP contribution in [0.15, 0.2) is 24.3 Å². The van der Waals surface area contributed by atoms with Crippen LogP contribution in [-0.2, 0) is 5.72 Å². The molecule has 1 aromatic rings. The van der Waals surface area contributed by atoms with Gasteiger partial charge in [-0.05, 0) is 12.0 Å². The molecule has 0 fully saturated rings. The van der Waals surface area contributed by atoms with Gasteiger partial charge in [-0.25, -0.2) is 0 Å². The summed E-state index contributed by atoms with van der Waals surface area (Å²) >= 11 is 0. The number of hydrogen-bond donors (Lipinski definition) is 1. The number of hydrogen-bond acceptors (Lipinski definition) is 2. The lowest BCUT2D eigenvalue weighted by molar-refractivity contribution is -0.0221. The van der Waals surface area contributed by atoms with E-state index in [0.29, 0.717) is 11.1 Å². The van der Waals surface area contributed by atoms with Crippen LogP contribution in [0.5, 0.6) is 0 Å². The summed E-state index contributed by atoms with van der Waals surface area (Å²) in [6.07, 6.45) is 5.24. The highest BCUT2D eigenvalue weighted by atomic mass is 16.3. The van der Waals surface area contributed by atoms with Crippen molar-refractivity contribution in [1.29, 1.82) is 0 Å². The van der Waals surface area contributed by atoms with Crippen LogP contribution in [-0.4, -0.2) is 23.0 Å². The van der Waals surface area contributed by atoms with Crippen molar-refractivity contribution in [2.24, 2.45) is 0 Å². The summed E-state index contributed by atoms with van der Waals surface area (Å²) in [5, 5.41) is 10.1. The van der Waals surface area contributed by atoms with Crippen molar-refractivity contribution in [1.82, 2.24) is 4.90 Å². The lowest BCUT2D eigenvalue weighted by Gasteiger charge is -2.25. The third-order valence-electron chi connectivity index (χ3n) is 2.52. The molecule has 0 bridgehead atoms. The number of carbonyl (C=O) groups excluding carboxylic acids is 1. The molecule has 0 spiro atoms. The van der Waals surface area contributed by atoms with E-state index in [-0.39, 0.29) is 5.91 Å². The van der Waals surface area contributed by atoms with Crippen LogP contribution in [0.4, 0.5) is 0 Å². The Hall–Kier alpha value is -1.79. The Balaban J connectivity index is 2.73. The fourth-order valence-corrected chi connectivity index (χ4v) is 1.66. The molecule has 1 aromatic carbocycles. The average Bonchev–Trinajstić information content (AvgIpc) is 2.43. The molecule has 1 unspecified atom stereocenters. The molecule has 1 amide bonds. The maximum absolute atomic E-state index is 11.6. The molecule has 3 nitrogen and oxygen atoms in total. The zero-order valence-corrected chi connectivity index (χ0v) is 7.69. The van der Waals surface area contributed by atoms with Gasteiger partial charge in [0.25, 0.3) is 5.91 Å². The minimum absolute atomic E-state index is 0.249. The fraction of sp³-hybridized carbons (Fsp3) is 0.182. The van der Waals surface area contributed by atoms with Crippen LogP contribution in [0.2, 0.25) is 0 Å². The molecule has 1 N–H and O–H groups in total. The minimum atomic E-state index is -1.59. The Kier molecular flexibility index (Phi) is 1.63. The van der Waals surface area contributed by atoms with Crippen molar-refractivity contribution in [3.05, 3.63) is 35.4 Å². The highest BCUT2D eigenvalue weighted by Crippen LogP contribution is 2.34. The molecule has 0 aliphatic carbocycles. The van der Waals surface area contributed by atoms with Gasteiger partial charge in [-0.1, -0.05) is 18.2 Å². The number of fused-ring (bicyclic) bond motifs is 1. The first-order valence-electron chi connectivity index (χ1n) is 4.19. The van der Waals surface area contributed by atoms with Crippen LogP contribution in [0.25, 0.3) is 0 Å². The number of terminal acetylenes is 1. The van der Waals surface area contributed by atoms with Crippen LogP contribution >= 0.6 is 0 Å². The van der Waals surface area contributed by atoms with Crippen molar-refractivity contribution in [3.8, 4) is 12.3 Å². The van der Waals surface area contributed by atoms with Crippen LogP contribution in [0.1, 0.15) is 15.9 Å². The molecular formula is C11H9NO2. The molecule has 1 aliphatic heterocycles. The second-order valence-electron chi connectivity index (χ2n) is 3.23. The van der Waals surface area contributed by atoms with Gasteiger partial charge in [0.05, 0.1) is 0 Å². The Morgan fingerprint density at radius 1 is 1.50 bits per heavy atom. The smallest absolute Gasteiger partial charge is 0.257 e. The zero-order valence-electron chi connectivity index (χ0n) is 7.69. The molecule has 0 radical (unpaired) electrons. The van der Waals surface area contributed by atoms with Gasteiger partial charge in [0.2, 0.25) is 5.72 Å². The lowest BCUT2D eigenvalue weighted by Crippen LogP contribution is -2.39. The van der Waals surface area contributed by atoms with E-state index in [1.54, 1.807) is 24.3 Å². The minimum Gasteiger partial charge on any atom is -0.357 e. The summed E-state index contributed by atoms with van der Waals surface area (Å²) in [6, 6.07) is 6.81. The summed E-state index contributed by atoms with van der Waals surface area (Å²) in [4.78, 5) is 12.8. The highest BCUT2D eigenvalue weighted by molar-refractivity contribution is 6.00. The molecular weight excluding hydrogens is 178 g/mol. The summed E-state index contributed by atoms with van der Waals surface area (Å²) in [7, 11) is 1.49. The van der Waals surface area contributed by atoms with E-state index in [1.165, 1.54) is 7.05 Å². The Bertz CT molecular complexity index is 447. The van der Waals surface area contributed by atoms with Crippen molar-refractivity contribution in [2.45, 2.75) is 5.72 Å². The van der Waals surface area contributed by atoms with E-state index in [4.69, 9.17) is 6.42 Å². The molecule has 0 saturated heterocycles. The number of amides is 1. The number of aliphatic hydroxyl groups is 1. The molecule has 1 heterocycles. The molecule has 70 valence electrons. The van der Waals surface area contributed by atoms with Gasteiger partial charge in [-0.2, -0.15) is 0 Å². The molecule has 1 aliphatic rings. The predicted molar refractivity (Wildman–Crippen MR) is 51.3 cm³/mol. The van der Waals surface area contributed by atoms with E-state index in [0.717, 1.165) is 4.90 Å². The average molecular weight is 187 g/mol. The first-order chi connectivity index (χ1) is 6.61. The second kappa shape index (κ2) is 2.60. The maximum atomic E-state index is 11.6. The number of nitrogens with zero attached hydrogens (tertiary/aromatic N) is 1. The van der Waals surface area contributed by atoms with Crippen LogP contribution in [0, 0.1) is 12.3 Å². The van der Waals surface area contributed by atoms with Gasteiger partial charge in [0.1, 0.15) is 0 Å². The van der Waals surface area contributed by atoms with Crippen molar-refractivity contribution < 1.29 is 9.90 Å². The zero-order chi connectivity index (χ0) is 10.3. The van der Waals surface area contributed by atoms with E-state index in [1.807, 2.05) is 0 Å². The van der Waals surface area contributed by atoms with E-state index in [2.05, 4.69) is 5.92 Å². The standard InChI is InChI=1S/C11H9NO2/c1-3-11(14)9-7-5-4-6-8(9)10(13)12(11)2/h1,4-7,14H,2H3. The van der Waals surface area contributed by atoms with Gasteiger partial charge in [-0.3, -0.25) is 9.69 Å². The Morgan fingerprint density at radius 2 is 2.14 bits per heavy atom. The fourth-order valence-electron chi connectivity index (χ4n) is 1.66. The third-order valence-corrected chi connectivity index (χ3v) is 2.52. The van der Waals surface area contributed by atoms with Gasteiger partial charge in [-0.15, -0.1) is 6.42 Å². The molecule has 2 rings (SSSR count). The summed E-state index contributed by atoms with van der Waals surface area (Å²) in [5.74, 6) is 1.99. The molecule has 0 saturated carbocycles. The normalized spacial score (nSPS) is 24.6. The molecule has 14 heavy (non-hydrogen) atoms. The summed E-state index contributed by atoms with van der Waals surface area (Å²) < 4.78 is 0. The Morgan fingerprint density at radius 3 is 2.79 bits per heavy atom. The number of carbonyl (C=O) groups is 1. The third kappa shape index (κ3) is 0.835. The van der Waals surface area contributed by atoms with Crippen molar-refractivity contribution >= 4 is 5.91 Å². The van der Waals surface area contributed by atoms with Gasteiger partial charge in [0.15, 0.2) is 0 Å². The van der Waals surface area contributed by atoms with Crippen molar-refractivity contribution in [3.63, 3.8) is 0 Å². The van der Waals surface area contributed by atoms with E-state index in [9.17, 15) is 9.90 Å². The van der Waals surface area contributed by atoms with E-state index < -0.39 is 5.72 Å². The predicted octanol–water partition coefficient (Wildman–Crippen LogP) is 0.551. The number of benzene rings is 1. The Labute approximate surface area is 82.0 Å². The molecule has 3 heteroatoms. The SMILES string of the molecule is C#CC1(O)c2ccccc2C(=O)N1C. The first-order valence-corrected chi connectivity index (χ1v) is 4.19. The number of rotatable bonds is 0. The van der Waals surface area contributed by atoms with Gasteiger partial charge in [0, 0.05) is 18.2 Å².